The molecule has 0 spiro atoms. The van der Waals surface area contributed by atoms with Crippen molar-refractivity contribution >= 4 is 5.69 Å². The number of ether oxygens (including phenoxy) is 1. The summed E-state index contributed by atoms with van der Waals surface area (Å²) < 4.78 is 5.04. The van der Waals surface area contributed by atoms with E-state index in [4.69, 9.17) is 9.84 Å². The van der Waals surface area contributed by atoms with Gasteiger partial charge in [0.25, 0.3) is 5.69 Å². The van der Waals surface area contributed by atoms with Crippen LogP contribution < -0.4 is 10.1 Å². The Bertz CT molecular complexity index is 444. The Morgan fingerprint density at radius 3 is 2.78 bits per heavy atom. The van der Waals surface area contributed by atoms with Crippen LogP contribution >= 0.6 is 0 Å². The van der Waals surface area contributed by atoms with Crippen LogP contribution in [0.2, 0.25) is 0 Å². The Morgan fingerprint density at radius 2 is 2.22 bits per heavy atom. The molecule has 6 nitrogen and oxygen atoms in total. The fourth-order valence-electron chi connectivity index (χ4n) is 1.99. The largest absolute Gasteiger partial charge is 0.496 e. The Balaban J connectivity index is 2.02. The number of aliphatic hydroxyl groups excluding tert-OH is 1. The van der Waals surface area contributed by atoms with Gasteiger partial charge in [0.1, 0.15) is 5.75 Å². The number of methoxy groups -OCH3 is 1. The summed E-state index contributed by atoms with van der Waals surface area (Å²) in [6.45, 7) is 0.537. The van der Waals surface area contributed by atoms with Gasteiger partial charge >= 0.3 is 0 Å². The molecule has 0 unspecified atom stereocenters. The predicted molar refractivity (Wildman–Crippen MR) is 65.5 cm³/mol. The minimum Gasteiger partial charge on any atom is -0.496 e. The molecule has 1 aliphatic carbocycles. The lowest BCUT2D eigenvalue weighted by atomic mass is 9.89. The standard InChI is InChI=1S/C12H16N2O4/c1-18-12-3-8(2-10(6-12)14(16)17)7-13-9-4-11(15)5-9/h2-3,6,9,11,13,15H,4-5,7H2,1H3. The normalized spacial score (nSPS) is 22.3. The summed E-state index contributed by atoms with van der Waals surface area (Å²) in [7, 11) is 1.48. The highest BCUT2D eigenvalue weighted by atomic mass is 16.6. The van der Waals surface area contributed by atoms with Gasteiger partial charge in [-0.25, -0.2) is 0 Å². The third-order valence-electron chi connectivity index (χ3n) is 3.11. The maximum atomic E-state index is 10.8. The van der Waals surface area contributed by atoms with Gasteiger partial charge < -0.3 is 15.2 Å². The van der Waals surface area contributed by atoms with Gasteiger partial charge in [-0.15, -0.1) is 0 Å². The van der Waals surface area contributed by atoms with E-state index >= 15 is 0 Å². The monoisotopic (exact) mass is 252 g/mol. The first-order valence-corrected chi connectivity index (χ1v) is 5.82. The van der Waals surface area contributed by atoms with E-state index in [1.54, 1.807) is 6.07 Å². The van der Waals surface area contributed by atoms with Gasteiger partial charge in [0.2, 0.25) is 0 Å². The van der Waals surface area contributed by atoms with Crippen LogP contribution in [0, 0.1) is 10.1 Å². The highest BCUT2D eigenvalue weighted by molar-refractivity contribution is 5.42. The summed E-state index contributed by atoms with van der Waals surface area (Å²) in [5, 5.41) is 23.2. The molecule has 0 amide bonds. The van der Waals surface area contributed by atoms with Crippen LogP contribution in [0.15, 0.2) is 18.2 Å². The summed E-state index contributed by atoms with van der Waals surface area (Å²) in [4.78, 5) is 10.3. The molecule has 1 saturated carbocycles. The average Bonchev–Trinajstić information content (AvgIpc) is 2.32. The number of rotatable bonds is 5. The van der Waals surface area contributed by atoms with Crippen molar-refractivity contribution in [2.45, 2.75) is 31.5 Å². The molecule has 1 fully saturated rings. The topological polar surface area (TPSA) is 84.6 Å². The Morgan fingerprint density at radius 1 is 1.50 bits per heavy atom. The minimum atomic E-state index is -0.431. The van der Waals surface area contributed by atoms with Crippen LogP contribution in [0.4, 0.5) is 5.69 Å². The van der Waals surface area contributed by atoms with E-state index in [9.17, 15) is 10.1 Å². The smallest absolute Gasteiger partial charge is 0.273 e. The van der Waals surface area contributed by atoms with Gasteiger partial charge in [0.05, 0.1) is 24.2 Å². The predicted octanol–water partition coefficient (Wildman–Crippen LogP) is 1.22. The number of nitro benzene ring substituents is 1. The Labute approximate surface area is 105 Å². The molecule has 0 heterocycles. The third kappa shape index (κ3) is 2.96. The van der Waals surface area contributed by atoms with Crippen LogP contribution in [-0.4, -0.2) is 29.3 Å². The van der Waals surface area contributed by atoms with E-state index in [0.717, 1.165) is 18.4 Å². The number of aliphatic hydroxyl groups is 1. The van der Waals surface area contributed by atoms with E-state index in [1.807, 2.05) is 0 Å². The van der Waals surface area contributed by atoms with Crippen LogP contribution in [-0.2, 0) is 6.54 Å². The average molecular weight is 252 g/mol. The van der Waals surface area contributed by atoms with Crippen molar-refractivity contribution in [3.63, 3.8) is 0 Å². The lowest BCUT2D eigenvalue weighted by Gasteiger charge is -2.32. The zero-order valence-electron chi connectivity index (χ0n) is 10.1. The van der Waals surface area contributed by atoms with E-state index in [1.165, 1.54) is 19.2 Å². The molecular weight excluding hydrogens is 236 g/mol. The molecule has 1 aliphatic rings. The lowest BCUT2D eigenvalue weighted by Crippen LogP contribution is -2.43. The molecule has 1 aromatic rings. The molecular formula is C12H16N2O4. The second-order valence-electron chi connectivity index (χ2n) is 4.50. The van der Waals surface area contributed by atoms with Crippen molar-refractivity contribution in [2.24, 2.45) is 0 Å². The molecule has 2 rings (SSSR count). The summed E-state index contributed by atoms with van der Waals surface area (Å²) in [5.74, 6) is 0.481. The number of hydrogen-bond acceptors (Lipinski definition) is 5. The zero-order chi connectivity index (χ0) is 13.1. The lowest BCUT2D eigenvalue weighted by molar-refractivity contribution is -0.385. The Kier molecular flexibility index (Phi) is 3.78. The molecule has 6 heteroatoms. The van der Waals surface area contributed by atoms with E-state index in [0.29, 0.717) is 18.3 Å². The minimum absolute atomic E-state index is 0.0276. The number of hydrogen-bond donors (Lipinski definition) is 2. The number of nitrogens with zero attached hydrogens (tertiary/aromatic N) is 1. The van der Waals surface area contributed by atoms with Gasteiger partial charge in [-0.3, -0.25) is 10.1 Å². The van der Waals surface area contributed by atoms with Gasteiger partial charge in [-0.2, -0.15) is 0 Å². The SMILES string of the molecule is COc1cc(CNC2CC(O)C2)cc([N+](=O)[O-])c1. The summed E-state index contributed by atoms with van der Waals surface area (Å²) in [6, 6.07) is 5.00. The maximum Gasteiger partial charge on any atom is 0.273 e. The molecule has 0 aromatic heterocycles. The molecule has 1 aromatic carbocycles. The van der Waals surface area contributed by atoms with Gasteiger partial charge in [-0.05, 0) is 24.5 Å². The van der Waals surface area contributed by atoms with Crippen LogP contribution in [0.3, 0.4) is 0 Å². The molecule has 0 aliphatic heterocycles. The number of nitro groups is 1. The van der Waals surface area contributed by atoms with Crippen molar-refractivity contribution in [2.75, 3.05) is 7.11 Å². The number of benzene rings is 1. The van der Waals surface area contributed by atoms with Crippen molar-refractivity contribution in [1.29, 1.82) is 0 Å². The number of non-ortho nitro benzene ring substituents is 1. The van der Waals surface area contributed by atoms with Crippen LogP contribution in [0.1, 0.15) is 18.4 Å². The van der Waals surface area contributed by atoms with E-state index < -0.39 is 4.92 Å². The van der Waals surface area contributed by atoms with Crippen molar-refractivity contribution < 1.29 is 14.8 Å². The second kappa shape index (κ2) is 5.32. The van der Waals surface area contributed by atoms with E-state index in [-0.39, 0.29) is 11.8 Å². The molecule has 2 N–H and O–H groups in total. The van der Waals surface area contributed by atoms with Crippen molar-refractivity contribution in [3.8, 4) is 5.75 Å². The van der Waals surface area contributed by atoms with Crippen LogP contribution in [0.25, 0.3) is 0 Å². The number of nitrogens with one attached hydrogen (secondary N) is 1. The summed E-state index contributed by atoms with van der Waals surface area (Å²) >= 11 is 0. The van der Waals surface area contributed by atoms with Crippen LogP contribution in [0.5, 0.6) is 5.75 Å². The first-order valence-electron chi connectivity index (χ1n) is 5.82. The van der Waals surface area contributed by atoms with Crippen molar-refractivity contribution in [3.05, 3.63) is 33.9 Å². The molecule has 0 bridgehead atoms. The summed E-state index contributed by atoms with van der Waals surface area (Å²) in [6.07, 6.45) is 1.28. The van der Waals surface area contributed by atoms with Gasteiger partial charge in [0.15, 0.2) is 0 Å². The fourth-order valence-corrected chi connectivity index (χ4v) is 1.99. The van der Waals surface area contributed by atoms with Gasteiger partial charge in [0, 0.05) is 18.7 Å². The Hall–Kier alpha value is -1.66. The molecule has 0 saturated heterocycles. The molecule has 0 atom stereocenters. The fraction of sp³-hybridized carbons (Fsp3) is 0.500. The molecule has 98 valence electrons. The third-order valence-corrected chi connectivity index (χ3v) is 3.11. The first kappa shape index (κ1) is 12.8. The molecule has 18 heavy (non-hydrogen) atoms. The molecule has 0 radical (unpaired) electrons. The zero-order valence-corrected chi connectivity index (χ0v) is 10.1. The summed E-state index contributed by atoms with van der Waals surface area (Å²) in [5.41, 5.74) is 0.835. The second-order valence-corrected chi connectivity index (χ2v) is 4.50. The maximum absolute atomic E-state index is 10.8. The quantitative estimate of drug-likeness (QED) is 0.608. The first-order chi connectivity index (χ1) is 8.58. The highest BCUT2D eigenvalue weighted by Crippen LogP contribution is 2.24. The van der Waals surface area contributed by atoms with E-state index in [2.05, 4.69) is 5.32 Å². The highest BCUT2D eigenvalue weighted by Gasteiger charge is 2.26. The van der Waals surface area contributed by atoms with Gasteiger partial charge in [-0.1, -0.05) is 0 Å². The van der Waals surface area contributed by atoms with Crippen molar-refractivity contribution in [1.82, 2.24) is 5.32 Å².